The molecule has 2 amide bonds. The summed E-state index contributed by atoms with van der Waals surface area (Å²) in [6.45, 7) is 3.59. The minimum absolute atomic E-state index is 0.0643. The van der Waals surface area contributed by atoms with Crippen molar-refractivity contribution in [1.29, 1.82) is 5.26 Å². The molecule has 2 rings (SSSR count). The van der Waals surface area contributed by atoms with Crippen molar-refractivity contribution in [2.75, 3.05) is 7.11 Å². The van der Waals surface area contributed by atoms with Crippen LogP contribution < -0.4 is 10.6 Å². The lowest BCUT2D eigenvalue weighted by atomic mass is 9.99. The number of nitriles is 1. The predicted octanol–water partition coefficient (Wildman–Crippen LogP) is 2.71. The largest absolute Gasteiger partial charge is 0.467 e. The molecule has 0 aromatic heterocycles. The van der Waals surface area contributed by atoms with Crippen LogP contribution in [0.25, 0.3) is 0 Å². The van der Waals surface area contributed by atoms with Gasteiger partial charge < -0.3 is 20.1 Å². The Kier molecular flexibility index (Phi) is 9.23. The standard InChI is InChI=1S/C24H27N3O5/c1-16(2)21(27-24(30)32-15-17-9-5-4-6-10-17)22(28)26-20(23(29)31-3)13-18-11-7-8-12-19(18)14-25/h4-12,16,20-21H,13,15H2,1-3H3,(H,26,28)(H,27,30)/t20-,21+/m0/s1. The molecule has 0 spiro atoms. The number of amides is 2. The predicted molar refractivity (Wildman–Crippen MR) is 117 cm³/mol. The molecule has 0 heterocycles. The average molecular weight is 437 g/mol. The first kappa shape index (κ1) is 24.4. The Hall–Kier alpha value is -3.86. The second-order valence-corrected chi connectivity index (χ2v) is 7.49. The maximum absolute atomic E-state index is 12.9. The van der Waals surface area contributed by atoms with Crippen LogP contribution in [0.2, 0.25) is 0 Å². The molecule has 0 aliphatic carbocycles. The molecule has 0 radical (unpaired) electrons. The quantitative estimate of drug-likeness (QED) is 0.583. The van der Waals surface area contributed by atoms with Gasteiger partial charge in [0.2, 0.25) is 5.91 Å². The van der Waals surface area contributed by atoms with Crippen LogP contribution in [0.4, 0.5) is 4.79 Å². The van der Waals surface area contributed by atoms with E-state index in [4.69, 9.17) is 9.47 Å². The lowest BCUT2D eigenvalue weighted by Gasteiger charge is -2.24. The van der Waals surface area contributed by atoms with Crippen molar-refractivity contribution in [3.63, 3.8) is 0 Å². The number of nitrogens with one attached hydrogen (secondary N) is 2. The Morgan fingerprint density at radius 3 is 2.28 bits per heavy atom. The third-order valence-corrected chi connectivity index (χ3v) is 4.80. The number of rotatable bonds is 9. The van der Waals surface area contributed by atoms with Crippen molar-refractivity contribution < 1.29 is 23.9 Å². The van der Waals surface area contributed by atoms with E-state index in [0.717, 1.165) is 5.56 Å². The SMILES string of the molecule is COC(=O)[C@H](Cc1ccccc1C#N)NC(=O)[C@H](NC(=O)OCc1ccccc1)C(C)C. The highest BCUT2D eigenvalue weighted by Gasteiger charge is 2.30. The van der Waals surface area contributed by atoms with Gasteiger partial charge in [-0.3, -0.25) is 4.79 Å². The Labute approximate surface area is 187 Å². The Bertz CT molecular complexity index is 969. The third kappa shape index (κ3) is 7.13. The molecule has 168 valence electrons. The molecule has 2 aromatic rings. The fraction of sp³-hybridized carbons (Fsp3) is 0.333. The molecule has 32 heavy (non-hydrogen) atoms. The van der Waals surface area contributed by atoms with Gasteiger partial charge in [-0.15, -0.1) is 0 Å². The van der Waals surface area contributed by atoms with Crippen LogP contribution in [0, 0.1) is 17.2 Å². The van der Waals surface area contributed by atoms with E-state index in [9.17, 15) is 19.6 Å². The van der Waals surface area contributed by atoms with Crippen molar-refractivity contribution in [2.24, 2.45) is 5.92 Å². The summed E-state index contributed by atoms with van der Waals surface area (Å²) in [7, 11) is 1.22. The van der Waals surface area contributed by atoms with Gasteiger partial charge in [0.1, 0.15) is 18.7 Å². The highest BCUT2D eigenvalue weighted by Crippen LogP contribution is 2.12. The summed E-state index contributed by atoms with van der Waals surface area (Å²) in [5, 5.41) is 14.5. The second kappa shape index (κ2) is 12.1. The summed E-state index contributed by atoms with van der Waals surface area (Å²) in [5.41, 5.74) is 1.82. The molecule has 8 heteroatoms. The molecular weight excluding hydrogens is 410 g/mol. The van der Waals surface area contributed by atoms with Crippen LogP contribution in [0.1, 0.15) is 30.5 Å². The van der Waals surface area contributed by atoms with Gasteiger partial charge in [-0.25, -0.2) is 9.59 Å². The number of alkyl carbamates (subject to hydrolysis) is 1. The molecular formula is C24H27N3O5. The molecule has 0 saturated heterocycles. The summed E-state index contributed by atoms with van der Waals surface area (Å²) >= 11 is 0. The van der Waals surface area contributed by atoms with Gasteiger partial charge in [-0.05, 0) is 23.1 Å². The lowest BCUT2D eigenvalue weighted by molar-refractivity contribution is -0.145. The molecule has 2 N–H and O–H groups in total. The maximum atomic E-state index is 12.9. The molecule has 0 aliphatic heterocycles. The van der Waals surface area contributed by atoms with Crippen molar-refractivity contribution in [1.82, 2.24) is 10.6 Å². The summed E-state index contributed by atoms with van der Waals surface area (Å²) in [6, 6.07) is 16.1. The second-order valence-electron chi connectivity index (χ2n) is 7.49. The number of carbonyl (C=O) groups excluding carboxylic acids is 3. The molecule has 2 atom stereocenters. The zero-order chi connectivity index (χ0) is 23.5. The first-order valence-electron chi connectivity index (χ1n) is 10.2. The van der Waals surface area contributed by atoms with Crippen LogP contribution in [0.15, 0.2) is 54.6 Å². The van der Waals surface area contributed by atoms with E-state index in [1.807, 2.05) is 30.3 Å². The molecule has 8 nitrogen and oxygen atoms in total. The van der Waals surface area contributed by atoms with Gasteiger partial charge in [-0.2, -0.15) is 5.26 Å². The fourth-order valence-electron chi connectivity index (χ4n) is 3.05. The number of esters is 1. The molecule has 0 unspecified atom stereocenters. The third-order valence-electron chi connectivity index (χ3n) is 4.80. The van der Waals surface area contributed by atoms with E-state index in [1.54, 1.807) is 38.1 Å². The summed E-state index contributed by atoms with van der Waals surface area (Å²) < 4.78 is 10.0. The van der Waals surface area contributed by atoms with Gasteiger partial charge in [0.15, 0.2) is 0 Å². The minimum atomic E-state index is -1.02. The van der Waals surface area contributed by atoms with Gasteiger partial charge in [0, 0.05) is 6.42 Å². The zero-order valence-corrected chi connectivity index (χ0v) is 18.3. The molecule has 0 aliphatic rings. The van der Waals surface area contributed by atoms with Gasteiger partial charge in [-0.1, -0.05) is 62.4 Å². The van der Waals surface area contributed by atoms with Gasteiger partial charge in [0.05, 0.1) is 18.7 Å². The lowest BCUT2D eigenvalue weighted by Crippen LogP contribution is -2.54. The maximum Gasteiger partial charge on any atom is 0.408 e. The average Bonchev–Trinajstić information content (AvgIpc) is 2.80. The van der Waals surface area contributed by atoms with E-state index < -0.39 is 30.1 Å². The fourth-order valence-corrected chi connectivity index (χ4v) is 3.05. The van der Waals surface area contributed by atoms with Crippen LogP contribution in [0.3, 0.4) is 0 Å². The monoisotopic (exact) mass is 437 g/mol. The Morgan fingerprint density at radius 1 is 1.00 bits per heavy atom. The summed E-state index contributed by atoms with van der Waals surface area (Å²) in [6.07, 6.45) is -0.669. The normalized spacial score (nSPS) is 12.2. The zero-order valence-electron chi connectivity index (χ0n) is 18.3. The van der Waals surface area contributed by atoms with Crippen LogP contribution in [-0.2, 0) is 32.1 Å². The van der Waals surface area contributed by atoms with Crippen molar-refractivity contribution in [3.8, 4) is 6.07 Å². The number of methoxy groups -OCH3 is 1. The van der Waals surface area contributed by atoms with E-state index >= 15 is 0 Å². The van der Waals surface area contributed by atoms with Crippen LogP contribution >= 0.6 is 0 Å². The van der Waals surface area contributed by atoms with Crippen molar-refractivity contribution in [3.05, 3.63) is 71.3 Å². The van der Waals surface area contributed by atoms with E-state index in [0.29, 0.717) is 11.1 Å². The Balaban J connectivity index is 2.06. The number of nitrogens with zero attached hydrogens (tertiary/aromatic N) is 1. The number of benzene rings is 2. The van der Waals surface area contributed by atoms with Crippen molar-refractivity contribution in [2.45, 2.75) is 39.0 Å². The highest BCUT2D eigenvalue weighted by molar-refractivity contribution is 5.90. The summed E-state index contributed by atoms with van der Waals surface area (Å²) in [4.78, 5) is 37.5. The minimum Gasteiger partial charge on any atom is -0.467 e. The van der Waals surface area contributed by atoms with Crippen LogP contribution in [-0.4, -0.2) is 37.2 Å². The molecule has 0 saturated carbocycles. The smallest absolute Gasteiger partial charge is 0.408 e. The number of hydrogen-bond acceptors (Lipinski definition) is 6. The van der Waals surface area contributed by atoms with E-state index in [2.05, 4.69) is 16.7 Å². The van der Waals surface area contributed by atoms with Crippen molar-refractivity contribution >= 4 is 18.0 Å². The molecule has 0 bridgehead atoms. The Morgan fingerprint density at radius 2 is 1.66 bits per heavy atom. The van der Waals surface area contributed by atoms with Gasteiger partial charge in [0.25, 0.3) is 0 Å². The number of carbonyl (C=O) groups is 3. The number of hydrogen-bond donors (Lipinski definition) is 2. The summed E-state index contributed by atoms with van der Waals surface area (Å²) in [5.74, 6) is -1.48. The van der Waals surface area contributed by atoms with Gasteiger partial charge >= 0.3 is 12.1 Å². The van der Waals surface area contributed by atoms with Crippen LogP contribution in [0.5, 0.6) is 0 Å². The first-order valence-corrected chi connectivity index (χ1v) is 10.2. The first-order chi connectivity index (χ1) is 15.3. The highest BCUT2D eigenvalue weighted by atomic mass is 16.5. The topological polar surface area (TPSA) is 118 Å². The molecule has 2 aromatic carbocycles. The number of ether oxygens (including phenoxy) is 2. The molecule has 0 fully saturated rings. The van der Waals surface area contributed by atoms with E-state index in [1.165, 1.54) is 7.11 Å². The van der Waals surface area contributed by atoms with E-state index in [-0.39, 0.29) is 18.9 Å².